The highest BCUT2D eigenvalue weighted by atomic mass is 79.9. The first-order valence-electron chi connectivity index (χ1n) is 6.22. The first-order chi connectivity index (χ1) is 9.22. The van der Waals surface area contributed by atoms with E-state index in [-0.39, 0.29) is 6.04 Å². The van der Waals surface area contributed by atoms with Crippen molar-refractivity contribution in [2.45, 2.75) is 19.1 Å². The Kier molecular flexibility index (Phi) is 5.19. The molecule has 102 valence electrons. The second-order valence-electron chi connectivity index (χ2n) is 4.41. The third-order valence-electron chi connectivity index (χ3n) is 3.01. The summed E-state index contributed by atoms with van der Waals surface area (Å²) in [5.41, 5.74) is 1.27. The predicted octanol–water partition coefficient (Wildman–Crippen LogP) is 3.69. The van der Waals surface area contributed by atoms with Crippen molar-refractivity contribution >= 4 is 15.9 Å². The molecule has 0 radical (unpaired) electrons. The summed E-state index contributed by atoms with van der Waals surface area (Å²) >= 11 is 3.45. The van der Waals surface area contributed by atoms with E-state index in [9.17, 15) is 0 Å². The molecule has 0 spiro atoms. The molecule has 1 aromatic carbocycles. The lowest BCUT2D eigenvalue weighted by Gasteiger charge is -2.13. The summed E-state index contributed by atoms with van der Waals surface area (Å²) in [6.07, 6.45) is 0.893. The smallest absolute Gasteiger partial charge is 0.129 e. The van der Waals surface area contributed by atoms with Crippen LogP contribution >= 0.6 is 15.9 Å². The van der Waals surface area contributed by atoms with E-state index in [2.05, 4.69) is 45.5 Å². The molecular weight excluding hydrogens is 306 g/mol. The van der Waals surface area contributed by atoms with Crippen LogP contribution in [0.25, 0.3) is 0 Å². The molecule has 4 heteroatoms. The lowest BCUT2D eigenvalue weighted by Crippen LogP contribution is -2.18. The van der Waals surface area contributed by atoms with Gasteiger partial charge in [-0.3, -0.25) is 0 Å². The van der Waals surface area contributed by atoms with Crippen molar-refractivity contribution in [2.75, 3.05) is 14.2 Å². The van der Waals surface area contributed by atoms with Crippen LogP contribution < -0.4 is 5.32 Å². The number of hydrogen-bond acceptors (Lipinski definition) is 3. The number of methoxy groups -OCH3 is 1. The molecule has 1 aromatic heterocycles. The molecule has 2 aromatic rings. The first-order valence-corrected chi connectivity index (χ1v) is 7.01. The molecule has 1 N–H and O–H groups in total. The Balaban J connectivity index is 2.08. The van der Waals surface area contributed by atoms with Crippen LogP contribution in [0.1, 0.15) is 23.1 Å². The Morgan fingerprint density at radius 1 is 1.21 bits per heavy atom. The van der Waals surface area contributed by atoms with Crippen LogP contribution in [0.5, 0.6) is 0 Å². The van der Waals surface area contributed by atoms with Crippen LogP contribution in [0.2, 0.25) is 0 Å². The van der Waals surface area contributed by atoms with Crippen LogP contribution in [0.3, 0.4) is 0 Å². The summed E-state index contributed by atoms with van der Waals surface area (Å²) in [5.74, 6) is 1.80. The van der Waals surface area contributed by atoms with Gasteiger partial charge in [-0.25, -0.2) is 0 Å². The lowest BCUT2D eigenvalue weighted by molar-refractivity contribution is 0.161. The molecular formula is C15H18BrNO2. The summed E-state index contributed by atoms with van der Waals surface area (Å²) in [6.45, 7) is 0.509. The summed E-state index contributed by atoms with van der Waals surface area (Å²) in [5, 5.41) is 3.29. The molecule has 0 amide bonds. The molecule has 0 fully saturated rings. The first kappa shape index (κ1) is 14.3. The predicted molar refractivity (Wildman–Crippen MR) is 79.1 cm³/mol. The molecule has 0 saturated heterocycles. The third-order valence-corrected chi connectivity index (χ3v) is 3.54. The van der Waals surface area contributed by atoms with Gasteiger partial charge in [0.05, 0.1) is 6.04 Å². The fourth-order valence-corrected chi connectivity index (χ4v) is 2.27. The molecule has 3 nitrogen and oxygen atoms in total. The van der Waals surface area contributed by atoms with E-state index in [1.807, 2.05) is 19.2 Å². The summed E-state index contributed by atoms with van der Waals surface area (Å²) in [6, 6.07) is 12.5. The number of rotatable bonds is 6. The molecule has 19 heavy (non-hydrogen) atoms. The van der Waals surface area contributed by atoms with Crippen LogP contribution in [-0.2, 0) is 17.8 Å². The van der Waals surface area contributed by atoms with E-state index < -0.39 is 0 Å². The van der Waals surface area contributed by atoms with Crippen molar-refractivity contribution in [2.24, 2.45) is 0 Å². The highest BCUT2D eigenvalue weighted by molar-refractivity contribution is 9.10. The third kappa shape index (κ3) is 3.93. The fourth-order valence-electron chi connectivity index (χ4n) is 2.00. The quantitative estimate of drug-likeness (QED) is 0.880. The minimum absolute atomic E-state index is 0.173. The highest BCUT2D eigenvalue weighted by Gasteiger charge is 2.14. The normalized spacial score (nSPS) is 12.6. The molecule has 1 unspecified atom stereocenters. The highest BCUT2D eigenvalue weighted by Crippen LogP contribution is 2.22. The van der Waals surface area contributed by atoms with Gasteiger partial charge >= 0.3 is 0 Å². The van der Waals surface area contributed by atoms with E-state index in [1.165, 1.54) is 5.56 Å². The average molecular weight is 324 g/mol. The molecule has 1 atom stereocenters. The lowest BCUT2D eigenvalue weighted by atomic mass is 10.0. The SMILES string of the molecule is CNC(Cc1ccc(Br)cc1)c1ccc(COC)o1. The van der Waals surface area contributed by atoms with E-state index in [0.717, 1.165) is 22.4 Å². The Morgan fingerprint density at radius 2 is 1.95 bits per heavy atom. The second-order valence-corrected chi connectivity index (χ2v) is 5.32. The van der Waals surface area contributed by atoms with Gasteiger partial charge in [-0.2, -0.15) is 0 Å². The van der Waals surface area contributed by atoms with E-state index in [1.54, 1.807) is 7.11 Å². The molecule has 0 saturated carbocycles. The van der Waals surface area contributed by atoms with Gasteiger partial charge in [-0.05, 0) is 43.3 Å². The minimum Gasteiger partial charge on any atom is -0.462 e. The molecule has 0 bridgehead atoms. The maximum atomic E-state index is 5.78. The van der Waals surface area contributed by atoms with Gasteiger partial charge in [0, 0.05) is 11.6 Å². The van der Waals surface area contributed by atoms with Crippen molar-refractivity contribution < 1.29 is 9.15 Å². The number of halogens is 1. The van der Waals surface area contributed by atoms with Gasteiger partial charge in [0.1, 0.15) is 18.1 Å². The van der Waals surface area contributed by atoms with Gasteiger partial charge in [0.25, 0.3) is 0 Å². The average Bonchev–Trinajstić information content (AvgIpc) is 2.87. The van der Waals surface area contributed by atoms with Crippen LogP contribution in [0.4, 0.5) is 0 Å². The van der Waals surface area contributed by atoms with Crippen LogP contribution in [-0.4, -0.2) is 14.2 Å². The standard InChI is InChI=1S/C15H18BrNO2/c1-17-14(9-11-3-5-12(16)6-4-11)15-8-7-13(19-15)10-18-2/h3-8,14,17H,9-10H2,1-2H3. The van der Waals surface area contributed by atoms with E-state index >= 15 is 0 Å². The molecule has 1 heterocycles. The fraction of sp³-hybridized carbons (Fsp3) is 0.333. The van der Waals surface area contributed by atoms with Gasteiger partial charge in [0.15, 0.2) is 0 Å². The molecule has 0 aliphatic rings. The van der Waals surface area contributed by atoms with Crippen molar-refractivity contribution in [3.8, 4) is 0 Å². The topological polar surface area (TPSA) is 34.4 Å². The summed E-state index contributed by atoms with van der Waals surface area (Å²) in [7, 11) is 3.61. The van der Waals surface area contributed by atoms with Gasteiger partial charge in [-0.1, -0.05) is 28.1 Å². The Bertz CT molecular complexity index is 507. The largest absolute Gasteiger partial charge is 0.462 e. The number of likely N-dealkylation sites (N-methyl/N-ethyl adjacent to an activating group) is 1. The monoisotopic (exact) mass is 323 g/mol. The van der Waals surface area contributed by atoms with Gasteiger partial charge in [0.2, 0.25) is 0 Å². The zero-order chi connectivity index (χ0) is 13.7. The Labute approximate surface area is 122 Å². The summed E-state index contributed by atoms with van der Waals surface area (Å²) < 4.78 is 11.9. The number of ether oxygens (including phenoxy) is 1. The van der Waals surface area contributed by atoms with Crippen molar-refractivity contribution in [1.82, 2.24) is 5.32 Å². The maximum Gasteiger partial charge on any atom is 0.129 e. The van der Waals surface area contributed by atoms with Crippen LogP contribution in [0, 0.1) is 0 Å². The van der Waals surface area contributed by atoms with Crippen molar-refractivity contribution in [1.29, 1.82) is 0 Å². The zero-order valence-corrected chi connectivity index (χ0v) is 12.7. The van der Waals surface area contributed by atoms with Crippen molar-refractivity contribution in [3.05, 3.63) is 58.0 Å². The number of nitrogens with one attached hydrogen (secondary N) is 1. The molecule has 0 aliphatic heterocycles. The molecule has 0 aliphatic carbocycles. The molecule has 2 rings (SSSR count). The Morgan fingerprint density at radius 3 is 2.58 bits per heavy atom. The maximum absolute atomic E-state index is 5.78. The van der Waals surface area contributed by atoms with Gasteiger partial charge in [-0.15, -0.1) is 0 Å². The zero-order valence-electron chi connectivity index (χ0n) is 11.2. The number of benzene rings is 1. The second kappa shape index (κ2) is 6.89. The number of hydrogen-bond donors (Lipinski definition) is 1. The van der Waals surface area contributed by atoms with E-state index in [4.69, 9.17) is 9.15 Å². The van der Waals surface area contributed by atoms with E-state index in [0.29, 0.717) is 6.61 Å². The summed E-state index contributed by atoms with van der Waals surface area (Å²) in [4.78, 5) is 0. The Hall–Kier alpha value is -1.10. The van der Waals surface area contributed by atoms with Gasteiger partial charge < -0.3 is 14.5 Å². The van der Waals surface area contributed by atoms with Crippen molar-refractivity contribution in [3.63, 3.8) is 0 Å². The minimum atomic E-state index is 0.173. The number of furan rings is 1. The van der Waals surface area contributed by atoms with Crippen LogP contribution in [0.15, 0.2) is 45.3 Å².